The van der Waals surface area contributed by atoms with Crippen molar-refractivity contribution in [3.8, 4) is 0 Å². The summed E-state index contributed by atoms with van der Waals surface area (Å²) < 4.78 is 10.6. The molecule has 0 aromatic heterocycles. The van der Waals surface area contributed by atoms with Crippen molar-refractivity contribution in [3.63, 3.8) is 0 Å². The number of hydrogen-bond donors (Lipinski definition) is 2. The van der Waals surface area contributed by atoms with Gasteiger partial charge in [0.15, 0.2) is 0 Å². The monoisotopic (exact) mass is 348 g/mol. The van der Waals surface area contributed by atoms with Gasteiger partial charge in [-0.1, -0.05) is 90.4 Å². The zero-order valence-electron chi connectivity index (χ0n) is 13.4. The summed E-state index contributed by atoms with van der Waals surface area (Å²) in [6.45, 7) is 2.26. The van der Waals surface area contributed by atoms with Gasteiger partial charge in [-0.3, -0.25) is 4.57 Å². The molecule has 0 radical (unpaired) electrons. The van der Waals surface area contributed by atoms with Gasteiger partial charge >= 0.3 is 45.3 Å². The molecule has 0 aromatic carbocycles. The Bertz CT molecular complexity index is 244. The molecule has 0 aliphatic rings. The molecule has 0 aromatic rings. The van der Waals surface area contributed by atoms with Crippen molar-refractivity contribution < 1.29 is 14.4 Å². The molecular weight excluding hydrogens is 311 g/mol. The maximum absolute atomic E-state index is 10.6. The second kappa shape index (κ2) is 17.8. The summed E-state index contributed by atoms with van der Waals surface area (Å²) in [5.74, 6) is 0. The van der Waals surface area contributed by atoms with E-state index in [1.165, 1.54) is 70.6 Å². The average Bonchev–Trinajstić information content (AvgIpc) is 2.38. The first-order valence-electron chi connectivity index (χ1n) is 8.61. The summed E-state index contributed by atoms with van der Waals surface area (Å²) in [4.78, 5) is 17.4. The second-order valence-electron chi connectivity index (χ2n) is 5.98. The predicted octanol–water partition coefficient (Wildman–Crippen LogP) is 4.73. The summed E-state index contributed by atoms with van der Waals surface area (Å²) >= 11 is 0. The van der Waals surface area contributed by atoms with Crippen LogP contribution in [0, 0.1) is 0 Å². The van der Waals surface area contributed by atoms with Crippen molar-refractivity contribution in [2.45, 2.75) is 96.8 Å². The van der Waals surface area contributed by atoms with Crippen LogP contribution in [0.4, 0.5) is 0 Å². The van der Waals surface area contributed by atoms with Crippen molar-refractivity contribution in [2.24, 2.45) is 0 Å². The van der Waals surface area contributed by atoms with E-state index in [-0.39, 0.29) is 43.9 Å². The van der Waals surface area contributed by atoms with Gasteiger partial charge < -0.3 is 9.79 Å². The van der Waals surface area contributed by atoms with Crippen LogP contribution in [0.3, 0.4) is 0 Å². The van der Waals surface area contributed by atoms with Crippen molar-refractivity contribution >= 4 is 45.3 Å². The van der Waals surface area contributed by atoms with Crippen LogP contribution in [0.25, 0.3) is 0 Å². The van der Waals surface area contributed by atoms with Crippen molar-refractivity contribution in [1.82, 2.24) is 0 Å². The van der Waals surface area contributed by atoms with Crippen molar-refractivity contribution in [2.75, 3.05) is 6.16 Å². The van der Waals surface area contributed by atoms with E-state index in [4.69, 9.17) is 9.79 Å². The average molecular weight is 349 g/mol. The number of unbranched alkanes of at least 4 members (excludes halogenated alkanes) is 13. The van der Waals surface area contributed by atoms with Gasteiger partial charge in [0.2, 0.25) is 0 Å². The Morgan fingerprint density at radius 2 is 0.905 bits per heavy atom. The van der Waals surface area contributed by atoms with Crippen LogP contribution in [0.5, 0.6) is 0 Å². The van der Waals surface area contributed by atoms with Gasteiger partial charge in [0.1, 0.15) is 0 Å². The molecule has 0 fully saturated rings. The first kappa shape index (κ1) is 24.7. The molecule has 0 atom stereocenters. The first-order valence-corrected chi connectivity index (χ1v) is 10.4. The fourth-order valence-electron chi connectivity index (χ4n) is 2.51. The maximum atomic E-state index is 10.6. The van der Waals surface area contributed by atoms with E-state index < -0.39 is 7.60 Å². The third kappa shape index (κ3) is 23.8. The molecule has 126 valence electrons. The van der Waals surface area contributed by atoms with Crippen LogP contribution in [0.2, 0.25) is 0 Å². The summed E-state index contributed by atoms with van der Waals surface area (Å²) in [5.41, 5.74) is 0. The van der Waals surface area contributed by atoms with Gasteiger partial charge in [0.05, 0.1) is 0 Å². The van der Waals surface area contributed by atoms with Gasteiger partial charge in [0.25, 0.3) is 0 Å². The third-order valence-electron chi connectivity index (χ3n) is 3.80. The Labute approximate surface area is 161 Å². The molecule has 0 unspecified atom stereocenters. The summed E-state index contributed by atoms with van der Waals surface area (Å²) in [6.07, 6.45) is 17.7. The molecule has 0 saturated carbocycles. The summed E-state index contributed by atoms with van der Waals surface area (Å²) in [7, 11) is -3.75. The summed E-state index contributed by atoms with van der Waals surface area (Å²) in [6, 6.07) is 0. The van der Waals surface area contributed by atoms with Gasteiger partial charge in [-0.25, -0.2) is 0 Å². The molecular formula is C16H37CaO3P. The van der Waals surface area contributed by atoms with Crippen LogP contribution in [0.15, 0.2) is 0 Å². The van der Waals surface area contributed by atoms with Crippen LogP contribution in [-0.2, 0) is 4.57 Å². The zero-order chi connectivity index (χ0) is 15.1. The molecule has 0 amide bonds. The van der Waals surface area contributed by atoms with Crippen molar-refractivity contribution in [1.29, 1.82) is 0 Å². The molecule has 2 N–H and O–H groups in total. The Hall–Kier alpha value is 1.41. The Morgan fingerprint density at radius 1 is 0.619 bits per heavy atom. The third-order valence-corrected chi connectivity index (χ3v) is 4.70. The molecule has 21 heavy (non-hydrogen) atoms. The van der Waals surface area contributed by atoms with Gasteiger partial charge in [-0.15, -0.1) is 0 Å². The van der Waals surface area contributed by atoms with Gasteiger partial charge in [-0.05, 0) is 6.42 Å². The molecule has 0 aliphatic carbocycles. The number of hydrogen-bond acceptors (Lipinski definition) is 1. The fourth-order valence-corrected chi connectivity index (χ4v) is 3.15. The minimum atomic E-state index is -3.75. The first-order chi connectivity index (χ1) is 9.56. The molecule has 3 nitrogen and oxygen atoms in total. The Kier molecular flexibility index (Phi) is 20.9. The summed E-state index contributed by atoms with van der Waals surface area (Å²) in [5, 5.41) is 0. The fraction of sp³-hybridized carbons (Fsp3) is 1.00. The van der Waals surface area contributed by atoms with Crippen LogP contribution < -0.4 is 0 Å². The van der Waals surface area contributed by atoms with Crippen LogP contribution in [0.1, 0.15) is 96.8 Å². The normalized spacial score (nSPS) is 11.4. The van der Waals surface area contributed by atoms with Crippen LogP contribution in [-0.4, -0.2) is 53.7 Å². The van der Waals surface area contributed by atoms with E-state index in [1.54, 1.807) is 0 Å². The molecule has 0 saturated heterocycles. The van der Waals surface area contributed by atoms with E-state index in [2.05, 4.69) is 6.92 Å². The zero-order valence-corrected chi connectivity index (χ0v) is 14.3. The number of rotatable bonds is 15. The molecule has 5 heteroatoms. The van der Waals surface area contributed by atoms with E-state index in [0.717, 1.165) is 12.8 Å². The predicted molar refractivity (Wildman–Crippen MR) is 95.8 cm³/mol. The van der Waals surface area contributed by atoms with Crippen LogP contribution >= 0.6 is 7.60 Å². The van der Waals surface area contributed by atoms with E-state index in [1.807, 2.05) is 0 Å². The molecule has 0 bridgehead atoms. The van der Waals surface area contributed by atoms with E-state index in [0.29, 0.717) is 6.42 Å². The van der Waals surface area contributed by atoms with Crippen molar-refractivity contribution in [3.05, 3.63) is 0 Å². The van der Waals surface area contributed by atoms with Gasteiger partial charge in [-0.2, -0.15) is 0 Å². The molecule has 0 rings (SSSR count). The second-order valence-corrected chi connectivity index (χ2v) is 7.76. The molecule has 0 spiro atoms. The Morgan fingerprint density at radius 3 is 1.19 bits per heavy atom. The molecule has 0 aliphatic heterocycles. The minimum absolute atomic E-state index is 0. The van der Waals surface area contributed by atoms with E-state index in [9.17, 15) is 4.57 Å². The van der Waals surface area contributed by atoms with Gasteiger partial charge in [0, 0.05) is 6.16 Å². The van der Waals surface area contributed by atoms with E-state index >= 15 is 0 Å². The topological polar surface area (TPSA) is 57.5 Å². The Balaban J connectivity index is 0. The standard InChI is InChI=1S/C16H35O3P.Ca.2H/c1-2-3-4-5-6-7-8-9-10-11-12-13-14-15-16-20(17,18)19;;;/h2-16H2,1H3,(H2,17,18,19);;;. The quantitative estimate of drug-likeness (QED) is 0.255. The SMILES string of the molecule is CCCCCCCCCCCCCCCCP(=O)(O)O.[CaH2]. The molecule has 0 heterocycles.